The van der Waals surface area contributed by atoms with E-state index in [1.54, 1.807) is 30.3 Å². The lowest BCUT2D eigenvalue weighted by atomic mass is 10.2. The first-order chi connectivity index (χ1) is 15.4. The Labute approximate surface area is 203 Å². The number of hydrogen-bond acceptors (Lipinski definition) is 4. The molecule has 0 bridgehead atoms. The molecule has 2 amide bonds. The van der Waals surface area contributed by atoms with Gasteiger partial charge in [0.15, 0.2) is 0 Å². The zero-order valence-corrected chi connectivity index (χ0v) is 19.7. The highest BCUT2D eigenvalue weighted by molar-refractivity contribution is 9.10. The fourth-order valence-corrected chi connectivity index (χ4v) is 3.46. The average Bonchev–Trinajstić information content (AvgIpc) is 2.78. The first-order valence-electron chi connectivity index (χ1n) is 9.44. The third-order valence-corrected chi connectivity index (χ3v) is 5.32. The molecule has 0 aliphatic rings. The Morgan fingerprint density at radius 3 is 2.53 bits per heavy atom. The molecule has 6 nitrogen and oxygen atoms in total. The molecule has 3 rings (SSSR count). The van der Waals surface area contributed by atoms with Gasteiger partial charge in [0.2, 0.25) is 0 Å². The lowest BCUT2D eigenvalue weighted by Crippen LogP contribution is -2.37. The van der Waals surface area contributed by atoms with Crippen molar-refractivity contribution in [1.29, 1.82) is 0 Å². The van der Waals surface area contributed by atoms with Crippen LogP contribution < -0.4 is 15.5 Å². The summed E-state index contributed by atoms with van der Waals surface area (Å²) in [5.74, 6) is -1.14. The van der Waals surface area contributed by atoms with Crippen LogP contribution in [0.3, 0.4) is 0 Å². The molecule has 2 N–H and O–H groups in total. The third-order valence-electron chi connectivity index (χ3n) is 4.24. The van der Waals surface area contributed by atoms with Gasteiger partial charge in [-0.15, -0.1) is 0 Å². The van der Waals surface area contributed by atoms with Crippen LogP contribution >= 0.6 is 39.1 Å². The highest BCUT2D eigenvalue weighted by atomic mass is 79.9. The number of benzene rings is 3. The van der Waals surface area contributed by atoms with Crippen molar-refractivity contribution in [3.8, 4) is 5.75 Å². The van der Waals surface area contributed by atoms with Crippen LogP contribution in [0.25, 0.3) is 0 Å². The van der Waals surface area contributed by atoms with Crippen LogP contribution in [0.5, 0.6) is 5.75 Å². The van der Waals surface area contributed by atoms with Gasteiger partial charge in [0.1, 0.15) is 12.4 Å². The predicted octanol–water partition coefficient (Wildman–Crippen LogP) is 5.10. The Kier molecular flexibility index (Phi) is 8.67. The predicted molar refractivity (Wildman–Crippen MR) is 129 cm³/mol. The summed E-state index contributed by atoms with van der Waals surface area (Å²) in [4.78, 5) is 23.9. The van der Waals surface area contributed by atoms with Gasteiger partial charge in [-0.25, -0.2) is 5.43 Å². The van der Waals surface area contributed by atoms with Gasteiger partial charge in [-0.3, -0.25) is 9.59 Å². The summed E-state index contributed by atoms with van der Waals surface area (Å²) in [6, 6.07) is 19.8. The van der Waals surface area contributed by atoms with Crippen molar-refractivity contribution < 1.29 is 14.3 Å². The highest BCUT2D eigenvalue weighted by Gasteiger charge is 2.12. The van der Waals surface area contributed by atoms with Gasteiger partial charge >= 0.3 is 11.8 Å². The number of rotatable bonds is 7. The van der Waals surface area contributed by atoms with Crippen LogP contribution in [0.15, 0.2) is 76.3 Å². The maximum absolute atomic E-state index is 12.0. The molecule has 9 heteroatoms. The van der Waals surface area contributed by atoms with Gasteiger partial charge in [0, 0.05) is 32.2 Å². The summed E-state index contributed by atoms with van der Waals surface area (Å²) in [5.41, 5.74) is 4.46. The van der Waals surface area contributed by atoms with Crippen molar-refractivity contribution in [2.24, 2.45) is 5.10 Å². The highest BCUT2D eigenvalue weighted by Crippen LogP contribution is 2.25. The van der Waals surface area contributed by atoms with Gasteiger partial charge in [-0.05, 0) is 35.9 Å². The molecule has 0 unspecified atom stereocenters. The number of carbonyl (C=O) groups excluding carboxylic acids is 2. The Hall–Kier alpha value is -2.87. The molecule has 32 heavy (non-hydrogen) atoms. The van der Waals surface area contributed by atoms with E-state index < -0.39 is 11.8 Å². The number of hydrogen-bond donors (Lipinski definition) is 2. The molecule has 0 heterocycles. The van der Waals surface area contributed by atoms with Gasteiger partial charge in [0.25, 0.3) is 0 Å². The van der Waals surface area contributed by atoms with E-state index in [9.17, 15) is 9.59 Å². The van der Waals surface area contributed by atoms with E-state index in [1.165, 1.54) is 6.21 Å². The Balaban J connectivity index is 1.59. The summed E-state index contributed by atoms with van der Waals surface area (Å²) in [6.45, 7) is 0.459. The van der Waals surface area contributed by atoms with E-state index in [0.29, 0.717) is 21.4 Å². The van der Waals surface area contributed by atoms with Crippen molar-refractivity contribution in [3.63, 3.8) is 0 Å². The van der Waals surface area contributed by atoms with Gasteiger partial charge < -0.3 is 10.1 Å². The standard InChI is InChI=1S/C23H18BrCl2N3O3/c24-18-7-9-21(32-14-16-6-8-19(25)11-20(16)26)17(10-18)13-28-29-23(31)22(30)27-12-15-4-2-1-3-5-15/h1-11,13H,12,14H2,(H,27,30)(H,29,31)/b28-13-. The molecular formula is C23H18BrCl2N3O3. The van der Waals surface area contributed by atoms with E-state index in [0.717, 1.165) is 15.6 Å². The number of nitrogens with zero attached hydrogens (tertiary/aromatic N) is 1. The second-order valence-electron chi connectivity index (χ2n) is 6.57. The molecule has 0 saturated heterocycles. The zero-order chi connectivity index (χ0) is 22.9. The minimum absolute atomic E-state index is 0.215. The first kappa shape index (κ1) is 23.8. The van der Waals surface area contributed by atoms with E-state index in [2.05, 4.69) is 31.8 Å². The maximum Gasteiger partial charge on any atom is 0.329 e. The number of halogens is 3. The number of ether oxygens (including phenoxy) is 1. The molecule has 164 valence electrons. The molecule has 0 aliphatic carbocycles. The number of carbonyl (C=O) groups is 2. The average molecular weight is 535 g/mol. The fraction of sp³-hybridized carbons (Fsp3) is 0.0870. The number of amides is 2. The van der Waals surface area contributed by atoms with E-state index in [1.807, 2.05) is 36.4 Å². The summed E-state index contributed by atoms with van der Waals surface area (Å²) < 4.78 is 6.65. The van der Waals surface area contributed by atoms with Crippen molar-refractivity contribution >= 4 is 57.2 Å². The van der Waals surface area contributed by atoms with Crippen LogP contribution in [0.1, 0.15) is 16.7 Å². The molecule has 0 atom stereocenters. The second-order valence-corrected chi connectivity index (χ2v) is 8.33. The quantitative estimate of drug-likeness (QED) is 0.251. The second kappa shape index (κ2) is 11.7. The SMILES string of the molecule is O=C(NCc1ccccc1)C(=O)N/N=C\c1cc(Br)ccc1OCc1ccc(Cl)cc1Cl. The van der Waals surface area contributed by atoms with Crippen molar-refractivity contribution in [2.75, 3.05) is 0 Å². The van der Waals surface area contributed by atoms with Gasteiger partial charge in [-0.2, -0.15) is 5.10 Å². The summed E-state index contributed by atoms with van der Waals surface area (Å²) >= 11 is 15.5. The minimum atomic E-state index is -0.873. The van der Waals surface area contributed by atoms with E-state index >= 15 is 0 Å². The lowest BCUT2D eigenvalue weighted by Gasteiger charge is -2.11. The van der Waals surface area contributed by atoms with Crippen molar-refractivity contribution in [3.05, 3.63) is 97.9 Å². The van der Waals surface area contributed by atoms with Gasteiger partial charge in [-0.1, -0.05) is 75.5 Å². The molecule has 0 aliphatic heterocycles. The van der Waals surface area contributed by atoms with Crippen LogP contribution in [0.2, 0.25) is 10.0 Å². The molecule has 0 aromatic heterocycles. The largest absolute Gasteiger partial charge is 0.488 e. The number of nitrogens with one attached hydrogen (secondary N) is 2. The van der Waals surface area contributed by atoms with E-state index in [4.69, 9.17) is 27.9 Å². The fourth-order valence-electron chi connectivity index (χ4n) is 2.62. The Morgan fingerprint density at radius 2 is 1.78 bits per heavy atom. The molecule has 0 radical (unpaired) electrons. The van der Waals surface area contributed by atoms with Crippen LogP contribution in [0.4, 0.5) is 0 Å². The number of hydrazone groups is 1. The molecular weight excluding hydrogens is 517 g/mol. The summed E-state index contributed by atoms with van der Waals surface area (Å²) in [6.07, 6.45) is 1.39. The minimum Gasteiger partial charge on any atom is -0.488 e. The summed E-state index contributed by atoms with van der Waals surface area (Å²) in [5, 5.41) is 7.45. The summed E-state index contributed by atoms with van der Waals surface area (Å²) in [7, 11) is 0. The third kappa shape index (κ3) is 7.09. The van der Waals surface area contributed by atoms with Crippen molar-refractivity contribution in [2.45, 2.75) is 13.2 Å². The Morgan fingerprint density at radius 1 is 1.00 bits per heavy atom. The van der Waals surface area contributed by atoms with Crippen molar-refractivity contribution in [1.82, 2.24) is 10.7 Å². The zero-order valence-electron chi connectivity index (χ0n) is 16.6. The smallest absolute Gasteiger partial charge is 0.329 e. The van der Waals surface area contributed by atoms with Crippen LogP contribution in [-0.2, 0) is 22.7 Å². The molecule has 0 saturated carbocycles. The molecule has 3 aromatic rings. The topological polar surface area (TPSA) is 79.8 Å². The van der Waals surface area contributed by atoms with Gasteiger partial charge in [0.05, 0.1) is 6.21 Å². The molecule has 0 fully saturated rings. The van der Waals surface area contributed by atoms with E-state index in [-0.39, 0.29) is 13.2 Å². The molecule has 3 aromatic carbocycles. The molecule has 0 spiro atoms. The first-order valence-corrected chi connectivity index (χ1v) is 11.0. The Bertz CT molecular complexity index is 1140. The maximum atomic E-state index is 12.0. The van der Waals surface area contributed by atoms with Crippen LogP contribution in [-0.4, -0.2) is 18.0 Å². The lowest BCUT2D eigenvalue weighted by molar-refractivity contribution is -0.139. The normalized spacial score (nSPS) is 10.7. The van der Waals surface area contributed by atoms with Crippen LogP contribution in [0, 0.1) is 0 Å². The monoisotopic (exact) mass is 533 g/mol.